The van der Waals surface area contributed by atoms with Gasteiger partial charge in [-0.05, 0) is 73.4 Å². The molecule has 2 aromatic carbocycles. The number of carboxylic acid groups (broad SMARTS) is 1. The van der Waals surface area contributed by atoms with E-state index in [0.29, 0.717) is 51.3 Å². The summed E-state index contributed by atoms with van der Waals surface area (Å²) in [4.78, 5) is 28.9. The maximum Gasteiger partial charge on any atom is 0.341 e. The summed E-state index contributed by atoms with van der Waals surface area (Å²) in [5.41, 5.74) is 9.59. The van der Waals surface area contributed by atoms with Gasteiger partial charge in [0.05, 0.1) is 12.1 Å². The first-order valence-electron chi connectivity index (χ1n) is 11.7. The summed E-state index contributed by atoms with van der Waals surface area (Å²) in [5, 5.41) is 23.1. The first-order valence-corrected chi connectivity index (χ1v) is 12.0. The molecule has 6 N–H and O–H groups in total. The van der Waals surface area contributed by atoms with Crippen LogP contribution in [-0.4, -0.2) is 34.4 Å². The van der Waals surface area contributed by atoms with Crippen LogP contribution in [0.15, 0.2) is 48.5 Å². The minimum absolute atomic E-state index is 0.0628. The van der Waals surface area contributed by atoms with Crippen LogP contribution in [0.5, 0.6) is 5.75 Å². The molecule has 1 amide bonds. The van der Waals surface area contributed by atoms with Gasteiger partial charge in [0, 0.05) is 27.7 Å². The zero-order chi connectivity index (χ0) is 27.1. The van der Waals surface area contributed by atoms with Crippen LogP contribution in [0.4, 0.5) is 11.4 Å². The third-order valence-corrected chi connectivity index (χ3v) is 5.58. The second-order valence-corrected chi connectivity index (χ2v) is 9.40. The summed E-state index contributed by atoms with van der Waals surface area (Å²) in [7, 11) is 0. The number of aliphatic carboxylic acids is 1. The Bertz CT molecular complexity index is 1310. The van der Waals surface area contributed by atoms with Crippen molar-refractivity contribution in [3.8, 4) is 5.75 Å². The molecule has 0 saturated carbocycles. The average molecular weight is 524 g/mol. The molecule has 1 aromatic heterocycles. The molecule has 3 rings (SSSR count). The summed E-state index contributed by atoms with van der Waals surface area (Å²) in [6.45, 7) is 5.71. The van der Waals surface area contributed by atoms with Gasteiger partial charge in [-0.25, -0.2) is 4.79 Å². The van der Waals surface area contributed by atoms with Crippen molar-refractivity contribution in [2.45, 2.75) is 33.7 Å². The summed E-state index contributed by atoms with van der Waals surface area (Å²) < 4.78 is 5.65. The van der Waals surface area contributed by atoms with E-state index in [4.69, 9.17) is 32.6 Å². The molecule has 0 bridgehead atoms. The van der Waals surface area contributed by atoms with Crippen molar-refractivity contribution in [1.29, 1.82) is 5.41 Å². The van der Waals surface area contributed by atoms with Gasteiger partial charge >= 0.3 is 5.97 Å². The molecular formula is C27H30ClN5O4. The second-order valence-electron chi connectivity index (χ2n) is 8.97. The van der Waals surface area contributed by atoms with E-state index in [1.54, 1.807) is 42.5 Å². The second kappa shape index (κ2) is 12.2. The molecule has 0 atom stereocenters. The Balaban J connectivity index is 1.87. The van der Waals surface area contributed by atoms with E-state index in [0.717, 1.165) is 11.3 Å². The number of amidine groups is 1. The van der Waals surface area contributed by atoms with E-state index in [-0.39, 0.29) is 18.3 Å². The lowest BCUT2D eigenvalue weighted by atomic mass is 10.0. The lowest BCUT2D eigenvalue weighted by Crippen LogP contribution is -2.17. The number of benzene rings is 2. The molecule has 0 radical (unpaired) electrons. The number of pyridine rings is 1. The first kappa shape index (κ1) is 27.5. The molecule has 3 aromatic rings. The molecule has 1 heterocycles. The highest BCUT2D eigenvalue weighted by molar-refractivity contribution is 6.31. The highest BCUT2D eigenvalue weighted by atomic mass is 35.5. The quantitative estimate of drug-likeness (QED) is 0.178. The smallest absolute Gasteiger partial charge is 0.341 e. The average Bonchev–Trinajstić information content (AvgIpc) is 2.82. The lowest BCUT2D eigenvalue weighted by molar-refractivity contribution is -0.139. The number of aromatic nitrogens is 1. The fourth-order valence-electron chi connectivity index (χ4n) is 3.79. The molecule has 0 saturated heterocycles. The number of hydrogen-bond acceptors (Lipinski definition) is 6. The van der Waals surface area contributed by atoms with Crippen molar-refractivity contribution < 1.29 is 19.4 Å². The third kappa shape index (κ3) is 7.68. The van der Waals surface area contributed by atoms with Gasteiger partial charge in [-0.15, -0.1) is 0 Å². The van der Waals surface area contributed by atoms with Crippen LogP contribution in [-0.2, 0) is 17.8 Å². The Morgan fingerprint density at radius 1 is 1.16 bits per heavy atom. The molecule has 0 fully saturated rings. The van der Waals surface area contributed by atoms with Gasteiger partial charge in [0.2, 0.25) is 0 Å². The predicted octanol–water partition coefficient (Wildman–Crippen LogP) is 4.85. The molecule has 9 nitrogen and oxygen atoms in total. The van der Waals surface area contributed by atoms with Gasteiger partial charge in [0.25, 0.3) is 5.91 Å². The normalized spacial score (nSPS) is 10.7. The highest BCUT2D eigenvalue weighted by Gasteiger charge is 2.18. The number of ether oxygens (including phenoxy) is 1. The molecular weight excluding hydrogens is 494 g/mol. The summed E-state index contributed by atoms with van der Waals surface area (Å²) in [6, 6.07) is 13.4. The number of amides is 1. The number of nitrogen functional groups attached to an aromatic ring is 1. The molecule has 0 spiro atoms. The Morgan fingerprint density at radius 3 is 2.49 bits per heavy atom. The number of carbonyl (C=O) groups excluding carboxylic acids is 1. The predicted molar refractivity (Wildman–Crippen MR) is 145 cm³/mol. The maximum atomic E-state index is 13.1. The van der Waals surface area contributed by atoms with Crippen molar-refractivity contribution in [1.82, 2.24) is 4.98 Å². The number of aryl methyl sites for hydroxylation is 1. The minimum Gasteiger partial charge on any atom is -0.480 e. The maximum absolute atomic E-state index is 13.1. The van der Waals surface area contributed by atoms with Gasteiger partial charge in [0.1, 0.15) is 17.3 Å². The highest BCUT2D eigenvalue weighted by Crippen LogP contribution is 2.29. The molecule has 0 aliphatic rings. The largest absolute Gasteiger partial charge is 0.480 e. The fourth-order valence-corrected chi connectivity index (χ4v) is 3.96. The van der Waals surface area contributed by atoms with Crippen LogP contribution in [0.1, 0.15) is 46.7 Å². The Kier molecular flexibility index (Phi) is 9.08. The summed E-state index contributed by atoms with van der Waals surface area (Å²) in [6.07, 6.45) is 0.697. The van der Waals surface area contributed by atoms with E-state index in [1.165, 1.54) is 0 Å². The first-order chi connectivity index (χ1) is 17.5. The van der Waals surface area contributed by atoms with Crippen molar-refractivity contribution >= 4 is 40.7 Å². The van der Waals surface area contributed by atoms with Crippen LogP contribution in [0.2, 0.25) is 5.02 Å². The number of anilines is 2. The number of carboxylic acids is 1. The number of nitrogens with zero attached hydrogens (tertiary/aromatic N) is 1. The van der Waals surface area contributed by atoms with Gasteiger partial charge in [-0.1, -0.05) is 25.4 Å². The zero-order valence-electron chi connectivity index (χ0n) is 20.9. The molecule has 0 aliphatic heterocycles. The van der Waals surface area contributed by atoms with E-state index >= 15 is 0 Å². The zero-order valence-corrected chi connectivity index (χ0v) is 21.6. The topological polar surface area (TPSA) is 150 Å². The summed E-state index contributed by atoms with van der Waals surface area (Å²) >= 11 is 6.19. The van der Waals surface area contributed by atoms with Gasteiger partial charge in [0.15, 0.2) is 6.61 Å². The molecule has 37 heavy (non-hydrogen) atoms. The van der Waals surface area contributed by atoms with Gasteiger partial charge < -0.3 is 26.2 Å². The van der Waals surface area contributed by atoms with Crippen LogP contribution < -0.4 is 21.1 Å². The third-order valence-electron chi connectivity index (χ3n) is 5.34. The van der Waals surface area contributed by atoms with Crippen molar-refractivity contribution in [2.24, 2.45) is 11.7 Å². The van der Waals surface area contributed by atoms with Gasteiger partial charge in [-0.3, -0.25) is 15.2 Å². The number of hydrogen-bond donors (Lipinski definition) is 5. The van der Waals surface area contributed by atoms with Crippen molar-refractivity contribution in [3.63, 3.8) is 0 Å². The Hall–Kier alpha value is -4.11. The minimum atomic E-state index is -1.08. The van der Waals surface area contributed by atoms with E-state index in [9.17, 15) is 9.59 Å². The van der Waals surface area contributed by atoms with E-state index in [2.05, 4.69) is 29.5 Å². The molecule has 0 aliphatic carbocycles. The number of nitrogens with two attached hydrogens (primary N) is 1. The van der Waals surface area contributed by atoms with Crippen LogP contribution in [0, 0.1) is 18.3 Å². The number of halogens is 1. The number of nitrogens with one attached hydrogen (secondary N) is 3. The SMILES string of the molecule is Cc1cc(CC(C)C)c(OCC(=O)O)c(CNc2ccc(Cl)cc2C(=O)Nc2ccc(C(=N)N)cc2)n1. The molecule has 0 unspecified atom stereocenters. The van der Waals surface area contributed by atoms with Crippen molar-refractivity contribution in [2.75, 3.05) is 17.2 Å². The van der Waals surface area contributed by atoms with Gasteiger partial charge in [-0.2, -0.15) is 0 Å². The van der Waals surface area contributed by atoms with Crippen LogP contribution in [0.25, 0.3) is 0 Å². The van der Waals surface area contributed by atoms with E-state index in [1.807, 2.05) is 13.0 Å². The number of carbonyl (C=O) groups is 2. The Labute approximate surface area is 220 Å². The van der Waals surface area contributed by atoms with Crippen LogP contribution in [0.3, 0.4) is 0 Å². The fraction of sp³-hybridized carbons (Fsp3) is 0.259. The lowest BCUT2D eigenvalue weighted by Gasteiger charge is -2.18. The monoisotopic (exact) mass is 523 g/mol. The molecule has 194 valence electrons. The Morgan fingerprint density at radius 2 is 1.86 bits per heavy atom. The number of rotatable bonds is 11. The molecule has 10 heteroatoms. The van der Waals surface area contributed by atoms with Crippen LogP contribution >= 0.6 is 11.6 Å². The standard InChI is InChI=1S/C27H30ClN5O4/c1-15(2)10-18-11-16(3)32-23(25(18)37-14-24(34)35)13-31-22-9-6-19(28)12-21(22)27(36)33-20-7-4-17(5-8-20)26(29)30/h4-9,11-12,15,31H,10,13-14H2,1-3H3,(H3,29,30)(H,33,36)(H,34,35). The summed E-state index contributed by atoms with van der Waals surface area (Å²) in [5.74, 6) is -0.776. The van der Waals surface area contributed by atoms with E-state index < -0.39 is 12.6 Å². The van der Waals surface area contributed by atoms with Crippen molar-refractivity contribution in [3.05, 3.63) is 81.6 Å².